The predicted octanol–water partition coefficient (Wildman–Crippen LogP) is 2.74. The highest BCUT2D eigenvalue weighted by Gasteiger charge is 2.33. The molecule has 1 aromatic carbocycles. The lowest BCUT2D eigenvalue weighted by Gasteiger charge is -2.41. The number of morpholine rings is 2. The van der Waals surface area contributed by atoms with Gasteiger partial charge in [0.15, 0.2) is 0 Å². The molecule has 0 unspecified atom stereocenters. The summed E-state index contributed by atoms with van der Waals surface area (Å²) in [5.74, 6) is 0.179. The van der Waals surface area contributed by atoms with E-state index >= 15 is 0 Å². The number of benzene rings is 1. The Morgan fingerprint density at radius 1 is 1.16 bits per heavy atom. The van der Waals surface area contributed by atoms with Gasteiger partial charge in [0, 0.05) is 31.2 Å². The number of rotatable bonds is 3. The Morgan fingerprint density at radius 3 is 2.44 bits per heavy atom. The number of carbonyl (C=O) groups is 1. The van der Waals surface area contributed by atoms with Crippen molar-refractivity contribution in [3.05, 3.63) is 34.9 Å². The molecular weight excluding hydrogens is 340 g/mol. The summed E-state index contributed by atoms with van der Waals surface area (Å²) in [4.78, 5) is 17.1. The summed E-state index contributed by atoms with van der Waals surface area (Å²) in [5, 5.41) is 0.718. The molecule has 6 heteroatoms. The zero-order valence-electron chi connectivity index (χ0n) is 15.2. The van der Waals surface area contributed by atoms with Crippen LogP contribution in [0.25, 0.3) is 0 Å². The Labute approximate surface area is 154 Å². The number of halogens is 1. The van der Waals surface area contributed by atoms with Crippen molar-refractivity contribution in [1.82, 2.24) is 9.80 Å². The van der Waals surface area contributed by atoms with Gasteiger partial charge in [-0.05, 0) is 38.5 Å². The molecule has 2 heterocycles. The summed E-state index contributed by atoms with van der Waals surface area (Å²) in [7, 11) is 0. The van der Waals surface area contributed by atoms with Crippen molar-refractivity contribution in [1.29, 1.82) is 0 Å². The number of carbonyl (C=O) groups excluding carboxylic acids is 1. The summed E-state index contributed by atoms with van der Waals surface area (Å²) in [6.07, 6.45) is 0.154. The molecule has 1 amide bonds. The first-order chi connectivity index (χ1) is 11.9. The van der Waals surface area contributed by atoms with E-state index in [1.165, 1.54) is 0 Å². The van der Waals surface area contributed by atoms with Crippen LogP contribution in [-0.2, 0) is 14.3 Å². The highest BCUT2D eigenvalue weighted by atomic mass is 35.5. The molecule has 4 atom stereocenters. The SMILES string of the molecule is C[C@H](C(=O)N1C[C@H](C)O[C@@H](C)C1)N1CCO[C@@H](c2ccc(Cl)cc2)C1. The largest absolute Gasteiger partial charge is 0.372 e. The van der Waals surface area contributed by atoms with Gasteiger partial charge in [-0.3, -0.25) is 9.69 Å². The number of ether oxygens (including phenoxy) is 2. The minimum atomic E-state index is -0.156. The van der Waals surface area contributed by atoms with Crippen LogP contribution in [0.3, 0.4) is 0 Å². The van der Waals surface area contributed by atoms with Crippen LogP contribution in [0.15, 0.2) is 24.3 Å². The maximum Gasteiger partial charge on any atom is 0.239 e. The van der Waals surface area contributed by atoms with Crippen LogP contribution in [0.1, 0.15) is 32.4 Å². The molecule has 25 heavy (non-hydrogen) atoms. The van der Waals surface area contributed by atoms with Crippen LogP contribution >= 0.6 is 11.6 Å². The van der Waals surface area contributed by atoms with E-state index < -0.39 is 0 Å². The Hall–Kier alpha value is -1.14. The van der Waals surface area contributed by atoms with Crippen molar-refractivity contribution >= 4 is 17.5 Å². The molecule has 2 aliphatic heterocycles. The van der Waals surface area contributed by atoms with E-state index in [4.69, 9.17) is 21.1 Å². The van der Waals surface area contributed by atoms with Crippen molar-refractivity contribution in [3.8, 4) is 0 Å². The molecule has 0 bridgehead atoms. The summed E-state index contributed by atoms with van der Waals surface area (Å²) in [5.41, 5.74) is 1.10. The Balaban J connectivity index is 1.64. The van der Waals surface area contributed by atoms with Crippen LogP contribution < -0.4 is 0 Å². The van der Waals surface area contributed by atoms with Crippen molar-refractivity contribution in [3.63, 3.8) is 0 Å². The normalized spacial score (nSPS) is 29.4. The topological polar surface area (TPSA) is 42.0 Å². The van der Waals surface area contributed by atoms with Crippen molar-refractivity contribution < 1.29 is 14.3 Å². The highest BCUT2D eigenvalue weighted by molar-refractivity contribution is 6.30. The average molecular weight is 367 g/mol. The van der Waals surface area contributed by atoms with E-state index in [1.54, 1.807) is 0 Å². The van der Waals surface area contributed by atoms with E-state index in [0.717, 1.165) is 17.1 Å². The van der Waals surface area contributed by atoms with Gasteiger partial charge < -0.3 is 14.4 Å². The van der Waals surface area contributed by atoms with Gasteiger partial charge in [0.1, 0.15) is 0 Å². The first-order valence-electron chi connectivity index (χ1n) is 8.99. The van der Waals surface area contributed by atoms with Crippen LogP contribution in [0.5, 0.6) is 0 Å². The lowest BCUT2D eigenvalue weighted by molar-refractivity contribution is -0.151. The number of hydrogen-bond acceptors (Lipinski definition) is 4. The second-order valence-corrected chi connectivity index (χ2v) is 7.52. The van der Waals surface area contributed by atoms with Gasteiger partial charge in [0.2, 0.25) is 5.91 Å². The molecule has 0 aromatic heterocycles. The summed E-state index contributed by atoms with van der Waals surface area (Å²) >= 11 is 5.97. The fourth-order valence-corrected chi connectivity index (χ4v) is 3.80. The average Bonchev–Trinajstić information content (AvgIpc) is 2.60. The summed E-state index contributed by atoms with van der Waals surface area (Å²) in [6, 6.07) is 7.59. The third-order valence-electron chi connectivity index (χ3n) is 4.98. The van der Waals surface area contributed by atoms with Crippen LogP contribution in [0, 0.1) is 0 Å². The molecule has 2 fully saturated rings. The van der Waals surface area contributed by atoms with Crippen LogP contribution in [-0.4, -0.2) is 66.7 Å². The van der Waals surface area contributed by atoms with Gasteiger partial charge in [-0.15, -0.1) is 0 Å². The first-order valence-corrected chi connectivity index (χ1v) is 9.37. The minimum absolute atomic E-state index is 0.0243. The van der Waals surface area contributed by atoms with E-state index in [0.29, 0.717) is 26.2 Å². The van der Waals surface area contributed by atoms with Crippen molar-refractivity contribution in [2.45, 2.75) is 45.1 Å². The van der Waals surface area contributed by atoms with Crippen molar-refractivity contribution in [2.24, 2.45) is 0 Å². The fourth-order valence-electron chi connectivity index (χ4n) is 3.68. The van der Waals surface area contributed by atoms with Gasteiger partial charge in [0.25, 0.3) is 0 Å². The predicted molar refractivity (Wildman–Crippen MR) is 97.8 cm³/mol. The number of amides is 1. The van der Waals surface area contributed by atoms with E-state index in [-0.39, 0.29) is 30.3 Å². The molecular formula is C19H27ClN2O3. The molecule has 2 saturated heterocycles. The first kappa shape index (κ1) is 18.6. The molecule has 0 aliphatic carbocycles. The number of nitrogens with zero attached hydrogens (tertiary/aromatic N) is 2. The molecule has 0 radical (unpaired) electrons. The highest BCUT2D eigenvalue weighted by Crippen LogP contribution is 2.25. The monoisotopic (exact) mass is 366 g/mol. The van der Waals surface area contributed by atoms with E-state index in [9.17, 15) is 4.79 Å². The molecule has 0 spiro atoms. The van der Waals surface area contributed by atoms with Crippen molar-refractivity contribution in [2.75, 3.05) is 32.8 Å². The van der Waals surface area contributed by atoms with Gasteiger partial charge in [-0.2, -0.15) is 0 Å². The summed E-state index contributed by atoms with van der Waals surface area (Å²) < 4.78 is 11.7. The summed E-state index contributed by atoms with van der Waals surface area (Å²) in [6.45, 7) is 9.48. The maximum atomic E-state index is 12.9. The standard InChI is InChI=1S/C19H27ClN2O3/c1-13-10-22(11-14(2)25-13)19(23)15(3)21-8-9-24-18(12-21)16-4-6-17(20)7-5-16/h4-7,13-15,18H,8-12H2,1-3H3/t13-,14-,15+,18+/m0/s1. The Kier molecular flexibility index (Phi) is 6.00. The molecule has 1 aromatic rings. The second kappa shape index (κ2) is 8.04. The smallest absolute Gasteiger partial charge is 0.239 e. The molecule has 0 N–H and O–H groups in total. The third-order valence-corrected chi connectivity index (χ3v) is 5.23. The zero-order valence-corrected chi connectivity index (χ0v) is 15.9. The number of hydrogen-bond donors (Lipinski definition) is 0. The second-order valence-electron chi connectivity index (χ2n) is 7.08. The maximum absolute atomic E-state index is 12.9. The van der Waals surface area contributed by atoms with Gasteiger partial charge in [0.05, 0.1) is 31.0 Å². The molecule has 2 aliphatic rings. The van der Waals surface area contributed by atoms with E-state index in [1.807, 2.05) is 49.9 Å². The zero-order chi connectivity index (χ0) is 18.0. The van der Waals surface area contributed by atoms with Crippen LogP contribution in [0.2, 0.25) is 5.02 Å². The van der Waals surface area contributed by atoms with Gasteiger partial charge in [-0.1, -0.05) is 23.7 Å². The van der Waals surface area contributed by atoms with Crippen LogP contribution in [0.4, 0.5) is 0 Å². The third kappa shape index (κ3) is 4.53. The molecule has 0 saturated carbocycles. The molecule has 5 nitrogen and oxygen atoms in total. The lowest BCUT2D eigenvalue weighted by Crippen LogP contribution is -2.56. The lowest BCUT2D eigenvalue weighted by atomic mass is 10.1. The molecule has 3 rings (SSSR count). The Morgan fingerprint density at radius 2 is 1.80 bits per heavy atom. The quantitative estimate of drug-likeness (QED) is 0.825. The molecule has 138 valence electrons. The van der Waals surface area contributed by atoms with Gasteiger partial charge >= 0.3 is 0 Å². The fraction of sp³-hybridized carbons (Fsp3) is 0.632. The van der Waals surface area contributed by atoms with E-state index in [2.05, 4.69) is 4.90 Å². The Bertz CT molecular complexity index is 585. The minimum Gasteiger partial charge on any atom is -0.372 e. The van der Waals surface area contributed by atoms with Gasteiger partial charge in [-0.25, -0.2) is 0 Å².